The van der Waals surface area contributed by atoms with Crippen LogP contribution in [0.3, 0.4) is 0 Å². The van der Waals surface area contributed by atoms with Crippen LogP contribution in [0.15, 0.2) is 48.5 Å². The predicted octanol–water partition coefficient (Wildman–Crippen LogP) is 4.18. The van der Waals surface area contributed by atoms with Gasteiger partial charge in [-0.2, -0.15) is 0 Å². The van der Waals surface area contributed by atoms with Crippen LogP contribution in [0.1, 0.15) is 31.2 Å². The number of hydrogen-bond donors (Lipinski definition) is 0. The number of carbonyl (C=O) groups excluding carboxylic acids is 2. The normalized spacial score (nSPS) is 16.9. The van der Waals surface area contributed by atoms with Gasteiger partial charge in [-0.1, -0.05) is 12.1 Å². The second-order valence-corrected chi connectivity index (χ2v) is 9.33. The molecule has 0 unspecified atom stereocenters. The Morgan fingerprint density at radius 1 is 0.600 bits per heavy atom. The van der Waals surface area contributed by atoms with E-state index in [0.29, 0.717) is 89.2 Å². The first-order valence-electron chi connectivity index (χ1n) is 13.6. The summed E-state index contributed by atoms with van der Waals surface area (Å²) in [6, 6.07) is 14.1. The molecule has 1 saturated carbocycles. The van der Waals surface area contributed by atoms with Gasteiger partial charge in [-0.3, -0.25) is 9.59 Å². The fourth-order valence-electron chi connectivity index (χ4n) is 4.10. The van der Waals surface area contributed by atoms with Crippen molar-refractivity contribution in [3.8, 4) is 17.2 Å². The smallest absolute Gasteiger partial charge is 0.314 e. The van der Waals surface area contributed by atoms with Crippen molar-refractivity contribution >= 4 is 11.9 Å². The zero-order valence-electron chi connectivity index (χ0n) is 23.3. The summed E-state index contributed by atoms with van der Waals surface area (Å²) in [7, 11) is 3.24. The third-order valence-electron chi connectivity index (χ3n) is 6.37. The Hall–Kier alpha value is -3.02. The van der Waals surface area contributed by atoms with E-state index in [1.165, 1.54) is 0 Å². The monoisotopic (exact) mass is 560 g/mol. The molecule has 10 nitrogen and oxygen atoms in total. The summed E-state index contributed by atoms with van der Waals surface area (Å²) in [5, 5.41) is 0. The van der Waals surface area contributed by atoms with Crippen LogP contribution < -0.4 is 14.2 Å². The molecule has 40 heavy (non-hydrogen) atoms. The Morgan fingerprint density at radius 3 is 1.62 bits per heavy atom. The van der Waals surface area contributed by atoms with Crippen molar-refractivity contribution < 1.29 is 47.5 Å². The molecule has 2 aromatic carbocycles. The van der Waals surface area contributed by atoms with Crippen LogP contribution in [0.5, 0.6) is 17.2 Å². The first kappa shape index (κ1) is 31.5. The van der Waals surface area contributed by atoms with Crippen molar-refractivity contribution in [2.45, 2.75) is 32.3 Å². The Morgan fingerprint density at radius 2 is 1.07 bits per heavy atom. The lowest BCUT2D eigenvalue weighted by Crippen LogP contribution is -2.30. The maximum atomic E-state index is 12.7. The van der Waals surface area contributed by atoms with E-state index < -0.39 is 0 Å². The third kappa shape index (κ3) is 11.6. The summed E-state index contributed by atoms with van der Waals surface area (Å²) in [5.74, 6) is 0.560. The highest BCUT2D eigenvalue weighted by Gasteiger charge is 2.32. The minimum absolute atomic E-state index is 0.185. The molecule has 10 heteroatoms. The van der Waals surface area contributed by atoms with Gasteiger partial charge in [0, 0.05) is 14.2 Å². The Kier molecular flexibility index (Phi) is 14.5. The second kappa shape index (κ2) is 18.4. The standard InChI is InChI=1S/C30H40O10/c1-33-15-17-35-19-20-38-26-11-13-28(14-12-26)40-30(32)25-7-5-24(6-8-25)29(31)39-27-9-3-23(4-10-27)21-37-22-36-18-16-34-2/h3-4,9-14,24-25H,5-8,15-22H2,1-2H3. The van der Waals surface area contributed by atoms with Crippen LogP contribution in [0.4, 0.5) is 0 Å². The van der Waals surface area contributed by atoms with Crippen molar-refractivity contribution in [2.24, 2.45) is 11.8 Å². The molecule has 1 aliphatic carbocycles. The molecule has 0 bridgehead atoms. The number of hydrogen-bond acceptors (Lipinski definition) is 10. The maximum Gasteiger partial charge on any atom is 0.314 e. The molecule has 220 valence electrons. The van der Waals surface area contributed by atoms with E-state index in [1.807, 2.05) is 12.1 Å². The molecule has 0 aliphatic heterocycles. The Balaban J connectivity index is 1.32. The van der Waals surface area contributed by atoms with E-state index in [2.05, 4.69) is 0 Å². The number of carbonyl (C=O) groups is 2. The molecule has 1 fully saturated rings. The average molecular weight is 561 g/mol. The fraction of sp³-hybridized carbons (Fsp3) is 0.533. The Bertz CT molecular complexity index is 903. The van der Waals surface area contributed by atoms with Crippen LogP contribution in [0, 0.1) is 11.8 Å². The number of methoxy groups -OCH3 is 2. The molecule has 0 N–H and O–H groups in total. The summed E-state index contributed by atoms with van der Waals surface area (Å²) in [4.78, 5) is 25.3. The molecule has 0 radical (unpaired) electrons. The van der Waals surface area contributed by atoms with Gasteiger partial charge in [0.25, 0.3) is 0 Å². The zero-order chi connectivity index (χ0) is 28.4. The number of benzene rings is 2. The highest BCUT2D eigenvalue weighted by atomic mass is 16.7. The zero-order valence-corrected chi connectivity index (χ0v) is 23.3. The quantitative estimate of drug-likeness (QED) is 0.114. The van der Waals surface area contributed by atoms with Gasteiger partial charge in [-0.05, 0) is 67.6 Å². The van der Waals surface area contributed by atoms with Crippen LogP contribution in [-0.2, 0) is 39.9 Å². The van der Waals surface area contributed by atoms with Crippen molar-refractivity contribution in [3.63, 3.8) is 0 Å². The number of ether oxygens (including phenoxy) is 8. The lowest BCUT2D eigenvalue weighted by atomic mass is 9.82. The van der Waals surface area contributed by atoms with E-state index in [0.717, 1.165) is 5.56 Å². The first-order chi connectivity index (χ1) is 19.6. The van der Waals surface area contributed by atoms with E-state index >= 15 is 0 Å². The third-order valence-corrected chi connectivity index (χ3v) is 6.37. The van der Waals surface area contributed by atoms with E-state index in [1.54, 1.807) is 50.6 Å². The van der Waals surface area contributed by atoms with E-state index in [9.17, 15) is 9.59 Å². The topological polar surface area (TPSA) is 108 Å². The van der Waals surface area contributed by atoms with Crippen LogP contribution in [-0.4, -0.2) is 72.6 Å². The van der Waals surface area contributed by atoms with Gasteiger partial charge in [0.2, 0.25) is 0 Å². The van der Waals surface area contributed by atoms with Gasteiger partial charge in [0.05, 0.1) is 51.5 Å². The molecular weight excluding hydrogens is 520 g/mol. The molecule has 0 aromatic heterocycles. The first-order valence-corrected chi connectivity index (χ1v) is 13.6. The van der Waals surface area contributed by atoms with Gasteiger partial charge >= 0.3 is 11.9 Å². The molecule has 0 saturated heterocycles. The number of rotatable bonds is 18. The summed E-state index contributed by atoms with van der Waals surface area (Å²) in [5.41, 5.74) is 0.944. The van der Waals surface area contributed by atoms with Crippen LogP contribution in [0.25, 0.3) is 0 Å². The molecule has 0 amide bonds. The molecule has 2 aromatic rings. The highest BCUT2D eigenvalue weighted by molar-refractivity contribution is 5.77. The van der Waals surface area contributed by atoms with Crippen LogP contribution in [0.2, 0.25) is 0 Å². The number of esters is 2. The maximum absolute atomic E-state index is 12.7. The largest absolute Gasteiger partial charge is 0.491 e. The van der Waals surface area contributed by atoms with Crippen molar-refractivity contribution in [2.75, 3.05) is 60.7 Å². The molecular formula is C30H40O10. The lowest BCUT2D eigenvalue weighted by molar-refractivity contribution is -0.145. The van der Waals surface area contributed by atoms with E-state index in [4.69, 9.17) is 37.9 Å². The molecule has 3 rings (SSSR count). The molecule has 0 spiro atoms. The summed E-state index contributed by atoms with van der Waals surface area (Å²) in [6.07, 6.45) is 2.30. The van der Waals surface area contributed by atoms with E-state index in [-0.39, 0.29) is 30.6 Å². The van der Waals surface area contributed by atoms with Gasteiger partial charge in [0.1, 0.15) is 30.6 Å². The molecule has 1 aliphatic rings. The summed E-state index contributed by atoms with van der Waals surface area (Å²) < 4.78 is 42.6. The fourth-order valence-corrected chi connectivity index (χ4v) is 4.10. The molecule has 0 heterocycles. The molecule has 0 atom stereocenters. The van der Waals surface area contributed by atoms with Crippen LogP contribution >= 0.6 is 0 Å². The van der Waals surface area contributed by atoms with Crippen molar-refractivity contribution in [1.82, 2.24) is 0 Å². The summed E-state index contributed by atoms with van der Waals surface area (Å²) in [6.45, 7) is 3.53. The SMILES string of the molecule is COCCOCCOc1ccc(OC(=O)C2CCC(C(=O)Oc3ccc(COCOCCOC)cc3)CC2)cc1. The second-order valence-electron chi connectivity index (χ2n) is 9.33. The van der Waals surface area contributed by atoms with Crippen molar-refractivity contribution in [1.29, 1.82) is 0 Å². The van der Waals surface area contributed by atoms with Gasteiger partial charge in [-0.15, -0.1) is 0 Å². The predicted molar refractivity (Wildman–Crippen MR) is 145 cm³/mol. The summed E-state index contributed by atoms with van der Waals surface area (Å²) >= 11 is 0. The highest BCUT2D eigenvalue weighted by Crippen LogP contribution is 2.31. The average Bonchev–Trinajstić information content (AvgIpc) is 2.98. The minimum Gasteiger partial charge on any atom is -0.491 e. The lowest BCUT2D eigenvalue weighted by Gasteiger charge is -2.25. The van der Waals surface area contributed by atoms with Gasteiger partial charge in [0.15, 0.2) is 0 Å². The van der Waals surface area contributed by atoms with Gasteiger partial charge < -0.3 is 37.9 Å². The minimum atomic E-state index is -0.283. The Labute approximate surface area is 235 Å². The van der Waals surface area contributed by atoms with Gasteiger partial charge in [-0.25, -0.2) is 0 Å². The van der Waals surface area contributed by atoms with Crippen molar-refractivity contribution in [3.05, 3.63) is 54.1 Å².